The van der Waals surface area contributed by atoms with Crippen molar-refractivity contribution in [3.8, 4) is 0 Å². The van der Waals surface area contributed by atoms with Crippen molar-refractivity contribution < 1.29 is 14.3 Å². The molecule has 1 amide bonds. The van der Waals surface area contributed by atoms with Crippen LogP contribution in [-0.4, -0.2) is 37.0 Å². The smallest absolute Gasteiger partial charge is 0.308 e. The number of esters is 1. The van der Waals surface area contributed by atoms with E-state index in [2.05, 4.69) is 15.9 Å². The molecule has 0 bridgehead atoms. The van der Waals surface area contributed by atoms with Gasteiger partial charge in [0.25, 0.3) is 0 Å². The number of piperidine rings is 1. The van der Waals surface area contributed by atoms with Gasteiger partial charge >= 0.3 is 5.97 Å². The van der Waals surface area contributed by atoms with Crippen molar-refractivity contribution in [3.63, 3.8) is 0 Å². The van der Waals surface area contributed by atoms with Gasteiger partial charge in [-0.05, 0) is 43.4 Å². The Kier molecular flexibility index (Phi) is 4.26. The van der Waals surface area contributed by atoms with E-state index in [1.54, 1.807) is 0 Å². The van der Waals surface area contributed by atoms with Crippen molar-refractivity contribution in [2.75, 3.05) is 20.2 Å². The molecule has 1 aromatic rings. The molecule has 0 radical (unpaired) electrons. The molecule has 1 heterocycles. The Labute approximate surface area is 138 Å². The van der Waals surface area contributed by atoms with Crippen LogP contribution in [0.15, 0.2) is 28.7 Å². The zero-order valence-corrected chi connectivity index (χ0v) is 14.3. The van der Waals surface area contributed by atoms with Crippen molar-refractivity contribution in [2.24, 2.45) is 5.92 Å². The number of carbonyl (C=O) groups excluding carboxylic acids is 2. The molecule has 0 spiro atoms. The zero-order chi connectivity index (χ0) is 15.7. The van der Waals surface area contributed by atoms with Crippen LogP contribution in [0.5, 0.6) is 0 Å². The van der Waals surface area contributed by atoms with E-state index >= 15 is 0 Å². The van der Waals surface area contributed by atoms with Gasteiger partial charge in [0, 0.05) is 17.6 Å². The highest BCUT2D eigenvalue weighted by molar-refractivity contribution is 9.10. The third kappa shape index (κ3) is 2.78. The molecule has 1 saturated heterocycles. The van der Waals surface area contributed by atoms with E-state index in [9.17, 15) is 9.59 Å². The van der Waals surface area contributed by atoms with Crippen LogP contribution in [0.4, 0.5) is 0 Å². The molecule has 0 unspecified atom stereocenters. The Hall–Kier alpha value is -1.36. The molecular formula is C17H20BrNO3. The van der Waals surface area contributed by atoms with E-state index in [0.29, 0.717) is 25.9 Å². The third-order valence-corrected chi connectivity index (χ3v) is 5.35. The highest BCUT2D eigenvalue weighted by atomic mass is 79.9. The predicted molar refractivity (Wildman–Crippen MR) is 86.4 cm³/mol. The van der Waals surface area contributed by atoms with Crippen LogP contribution in [0.25, 0.3) is 0 Å². The average molecular weight is 366 g/mol. The van der Waals surface area contributed by atoms with Crippen molar-refractivity contribution in [1.82, 2.24) is 4.90 Å². The quantitative estimate of drug-likeness (QED) is 0.773. The fourth-order valence-electron chi connectivity index (χ4n) is 3.32. The van der Waals surface area contributed by atoms with Gasteiger partial charge in [-0.2, -0.15) is 0 Å². The molecule has 0 atom stereocenters. The first-order valence-electron chi connectivity index (χ1n) is 7.70. The molecular weight excluding hydrogens is 346 g/mol. The monoisotopic (exact) mass is 365 g/mol. The van der Waals surface area contributed by atoms with Crippen LogP contribution in [0.1, 0.15) is 31.2 Å². The second-order valence-corrected chi connectivity index (χ2v) is 7.10. The van der Waals surface area contributed by atoms with Gasteiger partial charge in [0.15, 0.2) is 0 Å². The van der Waals surface area contributed by atoms with Crippen LogP contribution in [0, 0.1) is 5.92 Å². The maximum absolute atomic E-state index is 12.9. The second-order valence-electron chi connectivity index (χ2n) is 6.18. The van der Waals surface area contributed by atoms with Gasteiger partial charge in [-0.25, -0.2) is 0 Å². The fourth-order valence-corrected chi connectivity index (χ4v) is 3.72. The van der Waals surface area contributed by atoms with Crippen LogP contribution in [-0.2, 0) is 19.7 Å². The molecule has 1 aromatic carbocycles. The molecule has 22 heavy (non-hydrogen) atoms. The van der Waals surface area contributed by atoms with Crippen molar-refractivity contribution >= 4 is 27.8 Å². The van der Waals surface area contributed by atoms with Crippen molar-refractivity contribution in [2.45, 2.75) is 31.1 Å². The van der Waals surface area contributed by atoms with Crippen LogP contribution in [0.3, 0.4) is 0 Å². The van der Waals surface area contributed by atoms with Gasteiger partial charge in [-0.1, -0.05) is 28.1 Å². The van der Waals surface area contributed by atoms with Crippen LogP contribution >= 0.6 is 15.9 Å². The minimum atomic E-state index is -0.331. The maximum atomic E-state index is 12.9. The van der Waals surface area contributed by atoms with Gasteiger partial charge in [0.2, 0.25) is 5.91 Å². The Morgan fingerprint density at radius 2 is 1.95 bits per heavy atom. The summed E-state index contributed by atoms with van der Waals surface area (Å²) in [6, 6.07) is 8.05. The topological polar surface area (TPSA) is 46.6 Å². The number of hydrogen-bond donors (Lipinski definition) is 0. The number of rotatable bonds is 3. The Bertz CT molecular complexity index is 589. The summed E-state index contributed by atoms with van der Waals surface area (Å²) in [5.41, 5.74) is 0.768. The SMILES string of the molecule is COC(=O)C1CCN(C(=O)C2(c3cccc(Br)c3)CC2)CC1. The van der Waals surface area contributed by atoms with E-state index in [4.69, 9.17) is 4.74 Å². The normalized spacial score (nSPS) is 20.5. The summed E-state index contributed by atoms with van der Waals surface area (Å²) in [5.74, 6) is 0.00390. The lowest BCUT2D eigenvalue weighted by atomic mass is 9.91. The van der Waals surface area contributed by atoms with Crippen molar-refractivity contribution in [1.29, 1.82) is 0 Å². The van der Waals surface area contributed by atoms with Gasteiger partial charge < -0.3 is 9.64 Å². The summed E-state index contributed by atoms with van der Waals surface area (Å²) in [6.07, 6.45) is 3.23. The molecule has 118 valence electrons. The van der Waals surface area contributed by atoms with Crippen molar-refractivity contribution in [3.05, 3.63) is 34.3 Å². The van der Waals surface area contributed by atoms with Gasteiger partial charge in [-0.3, -0.25) is 9.59 Å². The molecule has 1 aliphatic carbocycles. The van der Waals surface area contributed by atoms with E-state index < -0.39 is 0 Å². The third-order valence-electron chi connectivity index (χ3n) is 4.85. The van der Waals surface area contributed by atoms with E-state index in [0.717, 1.165) is 22.9 Å². The van der Waals surface area contributed by atoms with E-state index in [1.807, 2.05) is 29.2 Å². The summed E-state index contributed by atoms with van der Waals surface area (Å²) in [4.78, 5) is 26.4. The predicted octanol–water partition coefficient (Wildman–Crippen LogP) is 2.89. The lowest BCUT2D eigenvalue weighted by molar-refractivity contribution is -0.149. The van der Waals surface area contributed by atoms with Gasteiger partial charge in [0.05, 0.1) is 18.4 Å². The van der Waals surface area contributed by atoms with E-state index in [1.165, 1.54) is 7.11 Å². The summed E-state index contributed by atoms with van der Waals surface area (Å²) < 4.78 is 5.81. The number of nitrogens with zero attached hydrogens (tertiary/aromatic N) is 1. The Balaban J connectivity index is 1.69. The highest BCUT2D eigenvalue weighted by Crippen LogP contribution is 2.50. The number of benzene rings is 1. The highest BCUT2D eigenvalue weighted by Gasteiger charge is 2.53. The standard InChI is InChI=1S/C17H20BrNO3/c1-22-15(20)12-5-9-19(10-6-12)16(21)17(7-8-17)13-3-2-4-14(18)11-13/h2-4,11-12H,5-10H2,1H3. The average Bonchev–Trinajstić information content (AvgIpc) is 3.35. The number of carbonyl (C=O) groups is 2. The maximum Gasteiger partial charge on any atom is 0.308 e. The molecule has 1 aliphatic heterocycles. The minimum Gasteiger partial charge on any atom is -0.469 e. The first-order valence-corrected chi connectivity index (χ1v) is 8.49. The molecule has 3 rings (SSSR count). The van der Waals surface area contributed by atoms with Crippen LogP contribution < -0.4 is 0 Å². The lowest BCUT2D eigenvalue weighted by Gasteiger charge is -2.33. The van der Waals surface area contributed by atoms with Gasteiger partial charge in [-0.15, -0.1) is 0 Å². The van der Waals surface area contributed by atoms with E-state index in [-0.39, 0.29) is 23.2 Å². The summed E-state index contributed by atoms with van der Waals surface area (Å²) in [5, 5.41) is 0. The second kappa shape index (κ2) is 6.03. The molecule has 2 aliphatic rings. The van der Waals surface area contributed by atoms with Gasteiger partial charge in [0.1, 0.15) is 0 Å². The number of likely N-dealkylation sites (tertiary alicyclic amines) is 1. The Morgan fingerprint density at radius 3 is 2.50 bits per heavy atom. The molecule has 1 saturated carbocycles. The molecule has 2 fully saturated rings. The number of ether oxygens (including phenoxy) is 1. The number of hydrogen-bond acceptors (Lipinski definition) is 3. The number of halogens is 1. The Morgan fingerprint density at radius 1 is 1.27 bits per heavy atom. The largest absolute Gasteiger partial charge is 0.469 e. The first-order chi connectivity index (χ1) is 10.6. The fraction of sp³-hybridized carbons (Fsp3) is 0.529. The molecule has 0 N–H and O–H groups in total. The summed E-state index contributed by atoms with van der Waals surface area (Å²) in [6.45, 7) is 1.29. The lowest BCUT2D eigenvalue weighted by Crippen LogP contribution is -2.45. The minimum absolute atomic E-state index is 0.0601. The molecule has 4 nitrogen and oxygen atoms in total. The summed E-state index contributed by atoms with van der Waals surface area (Å²) >= 11 is 3.48. The number of amides is 1. The molecule has 0 aromatic heterocycles. The molecule has 5 heteroatoms. The first kappa shape index (κ1) is 15.5. The number of methoxy groups -OCH3 is 1. The summed E-state index contributed by atoms with van der Waals surface area (Å²) in [7, 11) is 1.42. The zero-order valence-electron chi connectivity index (χ0n) is 12.7. The van der Waals surface area contributed by atoms with Crippen LogP contribution in [0.2, 0.25) is 0 Å².